The first-order valence-corrected chi connectivity index (χ1v) is 14.1. The van der Waals surface area contributed by atoms with Gasteiger partial charge in [0.1, 0.15) is 5.54 Å². The molecule has 0 spiro atoms. The standard InChI is InChI=1S/C30H36ClN5O4/c1-18-5-4-6-19(13-18)25(17-37)34-28(39)30(2,3)36-16-21-8-7-20(14-23(21)27(36)38)26-24(31)15-32-29(35-26)33-22-9-11-40-12-10-22/h4-8,14-15,19,22,25,37H,9-13,16-17H2,1-3H3,(H,34,39)(H,32,33,35)/t19?,25-/m1/s1. The average molecular weight is 566 g/mol. The van der Waals surface area contributed by atoms with Crippen LogP contribution in [0.4, 0.5) is 5.95 Å². The van der Waals surface area contributed by atoms with Gasteiger partial charge in [0.15, 0.2) is 0 Å². The summed E-state index contributed by atoms with van der Waals surface area (Å²) in [7, 11) is 0. The number of carbonyl (C=O) groups excluding carboxylic acids is 2. The number of amides is 2. The summed E-state index contributed by atoms with van der Waals surface area (Å²) >= 11 is 6.49. The molecule has 1 aromatic heterocycles. The number of benzene rings is 1. The van der Waals surface area contributed by atoms with Gasteiger partial charge in [-0.3, -0.25) is 9.59 Å². The van der Waals surface area contributed by atoms with Crippen LogP contribution in [-0.4, -0.2) is 69.2 Å². The molecule has 3 N–H and O–H groups in total. The number of hydrogen-bond donors (Lipinski definition) is 3. The lowest BCUT2D eigenvalue weighted by atomic mass is 9.88. The number of hydrogen-bond acceptors (Lipinski definition) is 7. The molecule has 1 aromatic carbocycles. The van der Waals surface area contributed by atoms with Crippen molar-refractivity contribution >= 4 is 29.4 Å². The van der Waals surface area contributed by atoms with E-state index in [1.165, 1.54) is 5.57 Å². The van der Waals surface area contributed by atoms with Gasteiger partial charge in [-0.1, -0.05) is 47.5 Å². The van der Waals surface area contributed by atoms with Gasteiger partial charge >= 0.3 is 0 Å². The van der Waals surface area contributed by atoms with Gasteiger partial charge in [0, 0.05) is 42.8 Å². The summed E-state index contributed by atoms with van der Waals surface area (Å²) < 4.78 is 5.43. The Hall–Kier alpha value is -3.27. The Morgan fingerprint density at radius 1 is 1.30 bits per heavy atom. The number of aliphatic hydroxyl groups excluding tert-OH is 1. The minimum Gasteiger partial charge on any atom is -0.394 e. The lowest BCUT2D eigenvalue weighted by Crippen LogP contribution is -2.58. The molecule has 2 amide bonds. The molecule has 212 valence electrons. The van der Waals surface area contributed by atoms with Crippen LogP contribution in [0.5, 0.6) is 0 Å². The fourth-order valence-corrected chi connectivity index (χ4v) is 5.67. The maximum Gasteiger partial charge on any atom is 0.255 e. The highest BCUT2D eigenvalue weighted by Crippen LogP contribution is 2.35. The normalized spacial score (nSPS) is 20.2. The Kier molecular flexibility index (Phi) is 8.26. The monoisotopic (exact) mass is 565 g/mol. The van der Waals surface area contributed by atoms with Gasteiger partial charge in [-0.05, 0) is 51.7 Å². The second-order valence-electron chi connectivity index (χ2n) is 11.3. The molecule has 3 heterocycles. The molecule has 40 heavy (non-hydrogen) atoms. The van der Waals surface area contributed by atoms with Crippen molar-refractivity contribution in [2.45, 2.75) is 64.2 Å². The number of aromatic nitrogens is 2. The molecule has 0 bridgehead atoms. The van der Waals surface area contributed by atoms with Crippen molar-refractivity contribution in [3.8, 4) is 11.3 Å². The van der Waals surface area contributed by atoms with Crippen molar-refractivity contribution in [2.24, 2.45) is 5.92 Å². The molecule has 1 saturated heterocycles. The molecule has 0 saturated carbocycles. The van der Waals surface area contributed by atoms with Crippen LogP contribution in [0.15, 0.2) is 48.2 Å². The Balaban J connectivity index is 1.32. The molecule has 2 aromatic rings. The predicted octanol–water partition coefficient (Wildman–Crippen LogP) is 4.12. The van der Waals surface area contributed by atoms with Gasteiger partial charge in [0.05, 0.1) is 29.6 Å². The highest BCUT2D eigenvalue weighted by atomic mass is 35.5. The van der Waals surface area contributed by atoms with Crippen molar-refractivity contribution < 1.29 is 19.4 Å². The van der Waals surface area contributed by atoms with Gasteiger partial charge < -0.3 is 25.4 Å². The third kappa shape index (κ3) is 5.77. The Labute approximate surface area is 239 Å². The SMILES string of the molecule is CC1=CC=CC([C@@H](CO)NC(=O)C(C)(C)N2Cc3ccc(-c4nc(NC5CCOCC5)ncc4Cl)cc3C2=O)C1. The summed E-state index contributed by atoms with van der Waals surface area (Å²) in [5.74, 6) is -0.0717. The zero-order valence-corrected chi connectivity index (χ0v) is 23.9. The molecule has 1 unspecified atom stereocenters. The maximum absolute atomic E-state index is 13.6. The fourth-order valence-electron chi connectivity index (χ4n) is 5.47. The summed E-state index contributed by atoms with van der Waals surface area (Å²) in [5.41, 5.74) is 2.63. The van der Waals surface area contributed by atoms with E-state index in [1.807, 2.05) is 37.3 Å². The first-order chi connectivity index (χ1) is 19.2. The van der Waals surface area contributed by atoms with Crippen LogP contribution in [0.1, 0.15) is 56.0 Å². The molecule has 3 aliphatic rings. The minimum atomic E-state index is -1.14. The van der Waals surface area contributed by atoms with Crippen LogP contribution in [0, 0.1) is 5.92 Å². The molecular weight excluding hydrogens is 530 g/mol. The van der Waals surface area contributed by atoms with Gasteiger partial charge in [-0.25, -0.2) is 9.97 Å². The number of anilines is 1. The largest absolute Gasteiger partial charge is 0.394 e. The first kappa shape index (κ1) is 28.3. The van der Waals surface area contributed by atoms with Gasteiger partial charge in [0.25, 0.3) is 5.91 Å². The summed E-state index contributed by atoms with van der Waals surface area (Å²) in [6, 6.07) is 5.35. The van der Waals surface area contributed by atoms with Crippen molar-refractivity contribution in [3.63, 3.8) is 0 Å². The van der Waals surface area contributed by atoms with E-state index >= 15 is 0 Å². The summed E-state index contributed by atoms with van der Waals surface area (Å²) in [6.45, 7) is 7.02. The quantitative estimate of drug-likeness (QED) is 0.441. The van der Waals surface area contributed by atoms with E-state index < -0.39 is 11.6 Å². The number of ether oxygens (including phenoxy) is 1. The Bertz CT molecular complexity index is 1350. The molecular formula is C30H36ClN5O4. The number of halogens is 1. The Morgan fingerprint density at radius 2 is 2.08 bits per heavy atom. The van der Waals surface area contributed by atoms with Gasteiger partial charge in [-0.15, -0.1) is 0 Å². The van der Waals surface area contributed by atoms with E-state index in [1.54, 1.807) is 31.0 Å². The number of carbonyl (C=O) groups is 2. The van der Waals surface area contributed by atoms with E-state index in [-0.39, 0.29) is 30.4 Å². The van der Waals surface area contributed by atoms with Gasteiger partial charge in [0.2, 0.25) is 11.9 Å². The molecule has 1 aliphatic carbocycles. The molecule has 5 rings (SSSR count). The van der Waals surface area contributed by atoms with Crippen LogP contribution >= 0.6 is 11.6 Å². The van der Waals surface area contributed by atoms with Crippen LogP contribution in [0.2, 0.25) is 5.02 Å². The van der Waals surface area contributed by atoms with Crippen molar-refractivity contribution in [2.75, 3.05) is 25.1 Å². The van der Waals surface area contributed by atoms with E-state index in [4.69, 9.17) is 16.3 Å². The molecule has 1 fully saturated rings. The van der Waals surface area contributed by atoms with E-state index in [2.05, 4.69) is 20.6 Å². The fraction of sp³-hybridized carbons (Fsp3) is 0.467. The molecule has 9 nitrogen and oxygen atoms in total. The second kappa shape index (κ2) is 11.7. The zero-order valence-electron chi connectivity index (χ0n) is 23.1. The summed E-state index contributed by atoms with van der Waals surface area (Å²) in [4.78, 5) is 37.7. The molecule has 0 radical (unpaired) electrons. The van der Waals surface area contributed by atoms with Crippen molar-refractivity contribution in [1.29, 1.82) is 0 Å². The number of nitrogens with zero attached hydrogens (tertiary/aromatic N) is 3. The molecule has 2 atom stereocenters. The lowest BCUT2D eigenvalue weighted by Gasteiger charge is -2.36. The van der Waals surface area contributed by atoms with E-state index in [0.717, 1.165) is 24.8 Å². The van der Waals surface area contributed by atoms with Gasteiger partial charge in [-0.2, -0.15) is 0 Å². The highest BCUT2D eigenvalue weighted by Gasteiger charge is 2.43. The third-order valence-corrected chi connectivity index (χ3v) is 8.32. The molecule has 10 heteroatoms. The number of fused-ring (bicyclic) bond motifs is 1. The number of aliphatic hydroxyl groups is 1. The van der Waals surface area contributed by atoms with Crippen molar-refractivity contribution in [3.05, 3.63) is 64.3 Å². The maximum atomic E-state index is 13.6. The number of allylic oxidation sites excluding steroid dienone is 3. The summed E-state index contributed by atoms with van der Waals surface area (Å²) in [6.07, 6.45) is 10.1. The van der Waals surface area contributed by atoms with E-state index in [0.29, 0.717) is 47.6 Å². The van der Waals surface area contributed by atoms with E-state index in [9.17, 15) is 14.7 Å². The smallest absolute Gasteiger partial charge is 0.255 e. The zero-order chi connectivity index (χ0) is 28.4. The average Bonchev–Trinajstić information content (AvgIpc) is 3.29. The first-order valence-electron chi connectivity index (χ1n) is 13.7. The third-order valence-electron chi connectivity index (χ3n) is 8.04. The second-order valence-corrected chi connectivity index (χ2v) is 11.7. The van der Waals surface area contributed by atoms with Crippen LogP contribution in [-0.2, 0) is 16.1 Å². The Morgan fingerprint density at radius 3 is 2.80 bits per heavy atom. The number of rotatable bonds is 8. The minimum absolute atomic E-state index is 0.00720. The topological polar surface area (TPSA) is 117 Å². The lowest BCUT2D eigenvalue weighted by molar-refractivity contribution is -0.131. The van der Waals surface area contributed by atoms with Crippen LogP contribution in [0.3, 0.4) is 0 Å². The highest BCUT2D eigenvalue weighted by molar-refractivity contribution is 6.33. The van der Waals surface area contributed by atoms with Crippen LogP contribution in [0.25, 0.3) is 11.3 Å². The predicted molar refractivity (Wildman–Crippen MR) is 154 cm³/mol. The molecule has 2 aliphatic heterocycles. The summed E-state index contributed by atoms with van der Waals surface area (Å²) in [5, 5.41) is 16.8. The number of nitrogens with one attached hydrogen (secondary N) is 2. The van der Waals surface area contributed by atoms with Crippen molar-refractivity contribution in [1.82, 2.24) is 20.2 Å². The van der Waals surface area contributed by atoms with Crippen LogP contribution < -0.4 is 10.6 Å².